The summed E-state index contributed by atoms with van der Waals surface area (Å²) in [6.07, 6.45) is 2.70. The molecule has 0 unspecified atom stereocenters. The standard InChI is InChI=1S/C14H20F2.C2H6/c1-9(2)7-8-11(5)12(6)14(16)13(15)10(3)4;1-2/h8-9H,3,6-7H2,1-2,4-5H3;1-2H3/b11-8+,14-13-;. The molecule has 0 aromatic rings. The molecule has 0 saturated heterocycles. The summed E-state index contributed by atoms with van der Waals surface area (Å²) in [6.45, 7) is 18.2. The highest BCUT2D eigenvalue weighted by Gasteiger charge is 2.11. The molecule has 0 radical (unpaired) electrons. The topological polar surface area (TPSA) is 0 Å². The minimum atomic E-state index is -0.915. The quantitative estimate of drug-likeness (QED) is 0.507. The molecule has 104 valence electrons. The van der Waals surface area contributed by atoms with Crippen molar-refractivity contribution in [3.63, 3.8) is 0 Å². The Morgan fingerprint density at radius 1 is 1.06 bits per heavy atom. The van der Waals surface area contributed by atoms with Crippen LogP contribution in [0, 0.1) is 5.92 Å². The van der Waals surface area contributed by atoms with Gasteiger partial charge in [0, 0.05) is 5.57 Å². The van der Waals surface area contributed by atoms with Gasteiger partial charge >= 0.3 is 0 Å². The first-order valence-electron chi connectivity index (χ1n) is 6.34. The van der Waals surface area contributed by atoms with Gasteiger partial charge in [0.25, 0.3) is 0 Å². The first kappa shape index (κ1) is 19.2. The Morgan fingerprint density at radius 3 is 1.83 bits per heavy atom. The molecule has 0 aromatic carbocycles. The molecule has 0 fully saturated rings. The Balaban J connectivity index is 0. The molecule has 18 heavy (non-hydrogen) atoms. The second kappa shape index (κ2) is 9.81. The first-order valence-corrected chi connectivity index (χ1v) is 6.34. The summed E-state index contributed by atoms with van der Waals surface area (Å²) in [4.78, 5) is 0. The van der Waals surface area contributed by atoms with Crippen molar-refractivity contribution in [3.05, 3.63) is 47.6 Å². The molecule has 0 aliphatic heterocycles. The van der Waals surface area contributed by atoms with Gasteiger partial charge in [-0.2, -0.15) is 0 Å². The molecule has 2 heteroatoms. The smallest absolute Gasteiger partial charge is 0.165 e. The maximum absolute atomic E-state index is 13.5. The molecule has 0 atom stereocenters. The van der Waals surface area contributed by atoms with E-state index < -0.39 is 11.7 Å². The fraction of sp³-hybridized carbons (Fsp3) is 0.500. The minimum absolute atomic E-state index is 0.0790. The maximum atomic E-state index is 13.5. The molecule has 0 aliphatic rings. The van der Waals surface area contributed by atoms with Gasteiger partial charge in [0.2, 0.25) is 0 Å². The van der Waals surface area contributed by atoms with E-state index in [1.54, 1.807) is 6.92 Å². The van der Waals surface area contributed by atoms with E-state index in [0.29, 0.717) is 11.5 Å². The molecule has 0 aromatic heterocycles. The highest BCUT2D eigenvalue weighted by molar-refractivity contribution is 5.44. The van der Waals surface area contributed by atoms with Gasteiger partial charge in [-0.05, 0) is 37.3 Å². The molecule has 0 rings (SSSR count). The van der Waals surface area contributed by atoms with Crippen molar-refractivity contribution in [2.45, 2.75) is 48.0 Å². The minimum Gasteiger partial charge on any atom is -0.203 e. The summed E-state index contributed by atoms with van der Waals surface area (Å²) in [5.41, 5.74) is 0.846. The van der Waals surface area contributed by atoms with E-state index in [2.05, 4.69) is 27.0 Å². The fourth-order valence-corrected chi connectivity index (χ4v) is 1.03. The van der Waals surface area contributed by atoms with Crippen LogP contribution in [-0.2, 0) is 0 Å². The van der Waals surface area contributed by atoms with Crippen LogP contribution in [0.2, 0.25) is 0 Å². The number of hydrogen-bond donors (Lipinski definition) is 0. The van der Waals surface area contributed by atoms with Gasteiger partial charge in [0.05, 0.1) is 0 Å². The van der Waals surface area contributed by atoms with Crippen LogP contribution in [0.25, 0.3) is 0 Å². The van der Waals surface area contributed by atoms with Gasteiger partial charge in [-0.3, -0.25) is 0 Å². The highest BCUT2D eigenvalue weighted by atomic mass is 19.2. The molecule has 0 bridgehead atoms. The van der Waals surface area contributed by atoms with E-state index >= 15 is 0 Å². The largest absolute Gasteiger partial charge is 0.203 e. The lowest BCUT2D eigenvalue weighted by Crippen LogP contribution is -1.91. The summed E-state index contributed by atoms with van der Waals surface area (Å²) in [7, 11) is 0. The van der Waals surface area contributed by atoms with Gasteiger partial charge in [-0.1, -0.05) is 46.9 Å². The molecule has 0 heterocycles. The van der Waals surface area contributed by atoms with Crippen molar-refractivity contribution in [2.24, 2.45) is 5.92 Å². The Bertz CT molecular complexity index is 344. The van der Waals surface area contributed by atoms with E-state index in [0.717, 1.165) is 6.42 Å². The predicted octanol–water partition coefficient (Wildman–Crippen LogP) is 6.29. The molecule has 0 N–H and O–H groups in total. The molecular formula is C16H26F2. The molecule has 0 spiro atoms. The molecule has 0 aliphatic carbocycles. The van der Waals surface area contributed by atoms with Crippen LogP contribution in [-0.4, -0.2) is 0 Å². The lowest BCUT2D eigenvalue weighted by molar-refractivity contribution is 0.557. The average molecular weight is 256 g/mol. The third kappa shape index (κ3) is 7.21. The van der Waals surface area contributed by atoms with E-state index in [-0.39, 0.29) is 11.1 Å². The van der Waals surface area contributed by atoms with Crippen molar-refractivity contribution < 1.29 is 8.78 Å². The normalized spacial score (nSPS) is 12.6. The monoisotopic (exact) mass is 256 g/mol. The van der Waals surface area contributed by atoms with Gasteiger partial charge in [0.15, 0.2) is 11.7 Å². The van der Waals surface area contributed by atoms with E-state index in [9.17, 15) is 8.78 Å². The fourth-order valence-electron chi connectivity index (χ4n) is 1.03. The molecule has 0 nitrogen and oxygen atoms in total. The zero-order valence-electron chi connectivity index (χ0n) is 12.5. The summed E-state index contributed by atoms with van der Waals surface area (Å²) < 4.78 is 26.8. The van der Waals surface area contributed by atoms with E-state index in [1.165, 1.54) is 6.92 Å². The molecule has 0 saturated carbocycles. The summed E-state index contributed by atoms with van der Waals surface area (Å²) >= 11 is 0. The van der Waals surface area contributed by atoms with Gasteiger partial charge in [0.1, 0.15) is 0 Å². The van der Waals surface area contributed by atoms with Crippen LogP contribution in [0.3, 0.4) is 0 Å². The van der Waals surface area contributed by atoms with E-state index in [1.807, 2.05) is 19.9 Å². The third-order valence-electron chi connectivity index (χ3n) is 2.20. The maximum Gasteiger partial charge on any atom is 0.165 e. The Labute approximate surface area is 111 Å². The van der Waals surface area contributed by atoms with E-state index in [4.69, 9.17) is 0 Å². The van der Waals surface area contributed by atoms with Crippen molar-refractivity contribution in [1.82, 2.24) is 0 Å². The summed E-state index contributed by atoms with van der Waals surface area (Å²) in [6, 6.07) is 0. The van der Waals surface area contributed by atoms with Crippen molar-refractivity contribution in [2.75, 3.05) is 0 Å². The van der Waals surface area contributed by atoms with Gasteiger partial charge in [-0.25, -0.2) is 8.78 Å². The van der Waals surface area contributed by atoms with Crippen LogP contribution in [0.4, 0.5) is 8.78 Å². The average Bonchev–Trinajstić information content (AvgIpc) is 2.35. The van der Waals surface area contributed by atoms with Crippen LogP contribution in [0.15, 0.2) is 47.6 Å². The third-order valence-corrected chi connectivity index (χ3v) is 2.20. The number of halogens is 2. The highest BCUT2D eigenvalue weighted by Crippen LogP contribution is 2.26. The second-order valence-electron chi connectivity index (χ2n) is 4.40. The summed E-state index contributed by atoms with van der Waals surface area (Å²) in [5, 5.41) is 0. The Hall–Kier alpha value is -1.18. The molecular weight excluding hydrogens is 230 g/mol. The van der Waals surface area contributed by atoms with Gasteiger partial charge in [-0.15, -0.1) is 0 Å². The summed E-state index contributed by atoms with van der Waals surface area (Å²) in [5.74, 6) is -1.34. The van der Waals surface area contributed by atoms with Crippen molar-refractivity contribution in [1.29, 1.82) is 0 Å². The van der Waals surface area contributed by atoms with Crippen LogP contribution >= 0.6 is 0 Å². The lowest BCUT2D eigenvalue weighted by atomic mass is 10.0. The first-order chi connectivity index (χ1) is 8.27. The Kier molecular flexibility index (Phi) is 10.4. The second-order valence-corrected chi connectivity index (χ2v) is 4.40. The van der Waals surface area contributed by atoms with Crippen molar-refractivity contribution in [3.8, 4) is 0 Å². The van der Waals surface area contributed by atoms with Crippen LogP contribution < -0.4 is 0 Å². The SMILES string of the molecule is C=C(C)/C(F)=C(/F)C(=C)/C(C)=C/CC(C)C.CC. The van der Waals surface area contributed by atoms with Crippen molar-refractivity contribution >= 4 is 0 Å². The van der Waals surface area contributed by atoms with Gasteiger partial charge < -0.3 is 0 Å². The number of rotatable bonds is 5. The Morgan fingerprint density at radius 2 is 1.50 bits per heavy atom. The molecule has 0 amide bonds. The lowest BCUT2D eigenvalue weighted by Gasteiger charge is -2.07. The zero-order chi connectivity index (χ0) is 14.9. The number of allylic oxidation sites excluding steroid dienone is 6. The predicted molar refractivity (Wildman–Crippen MR) is 77.8 cm³/mol. The number of hydrogen-bond acceptors (Lipinski definition) is 0. The van der Waals surface area contributed by atoms with Crippen LogP contribution in [0.5, 0.6) is 0 Å². The zero-order valence-corrected chi connectivity index (χ0v) is 12.5. The van der Waals surface area contributed by atoms with Crippen LogP contribution in [0.1, 0.15) is 48.0 Å².